The van der Waals surface area contributed by atoms with Gasteiger partial charge in [-0.25, -0.2) is 0 Å². The minimum absolute atomic E-state index is 0.0346. The molecule has 0 radical (unpaired) electrons. The molecule has 140 valence electrons. The van der Waals surface area contributed by atoms with Crippen LogP contribution in [0.1, 0.15) is 25.3 Å². The zero-order valence-electron chi connectivity index (χ0n) is 14.7. The van der Waals surface area contributed by atoms with Gasteiger partial charge in [-0.1, -0.05) is 27.5 Å². The average Bonchev–Trinajstić information content (AvgIpc) is 3.05. The summed E-state index contributed by atoms with van der Waals surface area (Å²) in [7, 11) is 0. The molecule has 0 aromatic heterocycles. The first kappa shape index (κ1) is 20.5. The van der Waals surface area contributed by atoms with Crippen molar-refractivity contribution in [3.63, 3.8) is 0 Å². The first-order chi connectivity index (χ1) is 12.1. The Morgan fingerprint density at radius 1 is 1.44 bits per heavy atom. The second-order valence-corrected chi connectivity index (χ2v) is 7.67. The van der Waals surface area contributed by atoms with Crippen molar-refractivity contribution >= 4 is 33.5 Å². The summed E-state index contributed by atoms with van der Waals surface area (Å²) in [4.78, 5) is 4.72. The van der Waals surface area contributed by atoms with Crippen molar-refractivity contribution in [2.75, 3.05) is 39.5 Å². The van der Waals surface area contributed by atoms with Crippen LogP contribution in [0, 0.1) is 5.41 Å². The Labute approximate surface area is 163 Å². The molecule has 1 aliphatic heterocycles. The molecule has 7 heteroatoms. The third kappa shape index (κ3) is 6.44. The van der Waals surface area contributed by atoms with Crippen molar-refractivity contribution < 1.29 is 9.84 Å². The minimum atomic E-state index is -0.0346. The van der Waals surface area contributed by atoms with Crippen LogP contribution in [0.25, 0.3) is 0 Å². The fraction of sp³-hybridized carbons (Fsp3) is 0.611. The average molecular weight is 433 g/mol. The Balaban J connectivity index is 1.92. The Morgan fingerprint density at radius 3 is 2.96 bits per heavy atom. The van der Waals surface area contributed by atoms with Crippen molar-refractivity contribution in [2.45, 2.75) is 26.2 Å². The van der Waals surface area contributed by atoms with E-state index < -0.39 is 0 Å². The predicted molar refractivity (Wildman–Crippen MR) is 106 cm³/mol. The number of halogens is 2. The molecular formula is C18H27BrClN3O2. The molecule has 5 nitrogen and oxygen atoms in total. The van der Waals surface area contributed by atoms with Crippen molar-refractivity contribution in [1.29, 1.82) is 0 Å². The van der Waals surface area contributed by atoms with E-state index in [1.807, 2.05) is 25.1 Å². The molecule has 2 rings (SSSR count). The van der Waals surface area contributed by atoms with Crippen molar-refractivity contribution in [3.8, 4) is 0 Å². The highest BCUT2D eigenvalue weighted by molar-refractivity contribution is 9.10. The first-order valence-corrected chi connectivity index (χ1v) is 9.90. The van der Waals surface area contributed by atoms with E-state index in [4.69, 9.17) is 21.3 Å². The lowest BCUT2D eigenvalue weighted by atomic mass is 9.84. The zero-order valence-corrected chi connectivity index (χ0v) is 17.0. The standard InChI is InChI=1S/C18H27BrClN3O2/c1-2-21-17(23-12-18(6-9-24)7-10-25-13-18)22-8-5-14-11-15(20)3-4-16(14)19/h3-4,11,24H,2,5-10,12-13H2,1H3,(H2,21,22,23). The van der Waals surface area contributed by atoms with Gasteiger partial charge in [-0.2, -0.15) is 0 Å². The molecule has 1 aromatic carbocycles. The van der Waals surface area contributed by atoms with Gasteiger partial charge in [0.05, 0.1) is 13.2 Å². The van der Waals surface area contributed by atoms with Crippen LogP contribution in [0.15, 0.2) is 27.7 Å². The monoisotopic (exact) mass is 431 g/mol. The van der Waals surface area contributed by atoms with Crippen LogP contribution >= 0.6 is 27.5 Å². The van der Waals surface area contributed by atoms with Gasteiger partial charge in [-0.3, -0.25) is 4.99 Å². The van der Waals surface area contributed by atoms with Gasteiger partial charge in [0, 0.05) is 41.2 Å². The number of nitrogens with zero attached hydrogens (tertiary/aromatic N) is 1. The summed E-state index contributed by atoms with van der Waals surface area (Å²) in [5.74, 6) is 0.796. The van der Waals surface area contributed by atoms with Gasteiger partial charge in [-0.15, -0.1) is 0 Å². The topological polar surface area (TPSA) is 65.9 Å². The Bertz CT molecular complexity index is 577. The molecule has 0 saturated carbocycles. The van der Waals surface area contributed by atoms with Gasteiger partial charge in [0.2, 0.25) is 0 Å². The molecule has 1 atom stereocenters. The minimum Gasteiger partial charge on any atom is -0.396 e. The van der Waals surface area contributed by atoms with E-state index in [2.05, 4.69) is 26.6 Å². The summed E-state index contributed by atoms with van der Waals surface area (Å²) in [6, 6.07) is 5.82. The second-order valence-electron chi connectivity index (χ2n) is 6.38. The summed E-state index contributed by atoms with van der Waals surface area (Å²) < 4.78 is 6.59. The molecule has 1 fully saturated rings. The number of ether oxygens (including phenoxy) is 1. The molecule has 3 N–H and O–H groups in total. The van der Waals surface area contributed by atoms with Gasteiger partial charge in [-0.05, 0) is 49.9 Å². The highest BCUT2D eigenvalue weighted by Crippen LogP contribution is 2.32. The molecule has 1 aromatic rings. The summed E-state index contributed by atoms with van der Waals surface area (Å²) in [6.07, 6.45) is 2.52. The molecule has 1 unspecified atom stereocenters. The highest BCUT2D eigenvalue weighted by Gasteiger charge is 2.34. The van der Waals surface area contributed by atoms with Gasteiger partial charge < -0.3 is 20.5 Å². The summed E-state index contributed by atoms with van der Waals surface area (Å²) >= 11 is 9.62. The van der Waals surface area contributed by atoms with Gasteiger partial charge in [0.15, 0.2) is 5.96 Å². The van der Waals surface area contributed by atoms with Gasteiger partial charge in [0.1, 0.15) is 0 Å². The number of aliphatic hydroxyl groups excluding tert-OH is 1. The van der Waals surface area contributed by atoms with Gasteiger partial charge >= 0.3 is 0 Å². The van der Waals surface area contributed by atoms with Gasteiger partial charge in [0.25, 0.3) is 0 Å². The molecule has 0 amide bonds. The number of nitrogens with one attached hydrogen (secondary N) is 2. The fourth-order valence-electron chi connectivity index (χ4n) is 2.93. The Kier molecular flexibility index (Phi) is 8.49. The maximum Gasteiger partial charge on any atom is 0.191 e. The van der Waals surface area contributed by atoms with E-state index in [1.165, 1.54) is 0 Å². The maximum absolute atomic E-state index is 9.33. The fourth-order valence-corrected chi connectivity index (χ4v) is 3.57. The molecule has 1 aliphatic rings. The number of hydrogen-bond donors (Lipinski definition) is 3. The number of aliphatic hydroxyl groups is 1. The summed E-state index contributed by atoms with van der Waals surface area (Å²) in [5.41, 5.74) is 1.13. The van der Waals surface area contributed by atoms with Crippen molar-refractivity contribution in [3.05, 3.63) is 33.3 Å². The van der Waals surface area contributed by atoms with E-state index >= 15 is 0 Å². The number of guanidine groups is 1. The second kappa shape index (κ2) is 10.4. The number of benzene rings is 1. The lowest BCUT2D eigenvalue weighted by Crippen LogP contribution is -2.39. The SMILES string of the molecule is CCNC(=NCC1(CCO)CCOC1)NCCc1cc(Cl)ccc1Br. The Hall–Kier alpha value is -0.820. The smallest absolute Gasteiger partial charge is 0.191 e. The van der Waals surface area contributed by atoms with Crippen molar-refractivity contribution in [1.82, 2.24) is 10.6 Å². The van der Waals surface area contributed by atoms with E-state index in [0.717, 1.165) is 60.0 Å². The van der Waals surface area contributed by atoms with Crippen LogP contribution in [0.5, 0.6) is 0 Å². The molecular weight excluding hydrogens is 406 g/mol. The molecule has 25 heavy (non-hydrogen) atoms. The Morgan fingerprint density at radius 2 is 2.28 bits per heavy atom. The van der Waals surface area contributed by atoms with E-state index in [1.54, 1.807) is 0 Å². The van der Waals surface area contributed by atoms with E-state index in [-0.39, 0.29) is 12.0 Å². The maximum atomic E-state index is 9.33. The molecule has 0 aliphatic carbocycles. The quantitative estimate of drug-likeness (QED) is 0.436. The number of aliphatic imine (C=N–C) groups is 1. The lowest BCUT2D eigenvalue weighted by molar-refractivity contribution is 0.131. The summed E-state index contributed by atoms with van der Waals surface area (Å²) in [6.45, 7) is 5.86. The first-order valence-electron chi connectivity index (χ1n) is 8.73. The lowest BCUT2D eigenvalue weighted by Gasteiger charge is -2.24. The largest absolute Gasteiger partial charge is 0.396 e. The molecule has 1 saturated heterocycles. The molecule has 0 spiro atoms. The molecule has 1 heterocycles. The van der Waals surface area contributed by atoms with Crippen LogP contribution in [0.2, 0.25) is 5.02 Å². The number of rotatable bonds is 8. The third-order valence-corrected chi connectivity index (χ3v) is 5.45. The van der Waals surface area contributed by atoms with Crippen LogP contribution in [0.4, 0.5) is 0 Å². The van der Waals surface area contributed by atoms with Crippen LogP contribution in [-0.4, -0.2) is 50.5 Å². The third-order valence-electron chi connectivity index (χ3n) is 4.44. The normalized spacial score (nSPS) is 20.7. The van der Waals surface area contributed by atoms with Crippen LogP contribution in [0.3, 0.4) is 0 Å². The zero-order chi connectivity index (χ0) is 18.1. The number of hydrogen-bond acceptors (Lipinski definition) is 3. The highest BCUT2D eigenvalue weighted by atomic mass is 79.9. The summed E-state index contributed by atoms with van der Waals surface area (Å²) in [5, 5.41) is 16.7. The van der Waals surface area contributed by atoms with Crippen molar-refractivity contribution in [2.24, 2.45) is 10.4 Å². The van der Waals surface area contributed by atoms with E-state index in [9.17, 15) is 5.11 Å². The van der Waals surface area contributed by atoms with Crippen LogP contribution < -0.4 is 10.6 Å². The molecule has 0 bridgehead atoms. The van der Waals surface area contributed by atoms with Crippen LogP contribution in [-0.2, 0) is 11.2 Å². The predicted octanol–water partition coefficient (Wildman–Crippen LogP) is 2.99. The van der Waals surface area contributed by atoms with E-state index in [0.29, 0.717) is 13.2 Å².